The van der Waals surface area contributed by atoms with Gasteiger partial charge in [0.2, 0.25) is 0 Å². The molecule has 0 spiro atoms. The fourth-order valence-corrected chi connectivity index (χ4v) is 3.65. The molecule has 5 nitrogen and oxygen atoms in total. The number of benzene rings is 2. The van der Waals surface area contributed by atoms with E-state index in [2.05, 4.69) is 20.9 Å². The van der Waals surface area contributed by atoms with Crippen LogP contribution in [0.1, 0.15) is 17.2 Å². The summed E-state index contributed by atoms with van der Waals surface area (Å²) >= 11 is 9.25. The van der Waals surface area contributed by atoms with Crippen LogP contribution in [0.15, 0.2) is 83.0 Å². The van der Waals surface area contributed by atoms with Crippen molar-refractivity contribution in [2.45, 2.75) is 6.04 Å². The summed E-state index contributed by atoms with van der Waals surface area (Å²) in [5, 5.41) is 11.4. The Bertz CT molecular complexity index is 1110. The molecule has 0 radical (unpaired) electrons. The van der Waals surface area contributed by atoms with Gasteiger partial charge in [0.25, 0.3) is 5.78 Å². The summed E-state index contributed by atoms with van der Waals surface area (Å²) in [6, 6.07) is 18.1. The van der Waals surface area contributed by atoms with Gasteiger partial charge in [0.15, 0.2) is 0 Å². The van der Waals surface area contributed by atoms with Crippen molar-refractivity contribution in [3.8, 4) is 0 Å². The summed E-state index contributed by atoms with van der Waals surface area (Å²) in [5.74, 6) is -1.45. The quantitative estimate of drug-likeness (QED) is 0.328. The molecule has 1 amide bonds. The Balaban J connectivity index is 1.93. The first-order valence-corrected chi connectivity index (χ1v) is 9.88. The maximum Gasteiger partial charge on any atom is 0.301 e. The fourth-order valence-electron chi connectivity index (χ4n) is 3.29. The van der Waals surface area contributed by atoms with Crippen molar-refractivity contribution in [2.75, 3.05) is 4.90 Å². The Morgan fingerprint density at radius 1 is 1.00 bits per heavy atom. The summed E-state index contributed by atoms with van der Waals surface area (Å²) in [6.07, 6.45) is 1.55. The number of nitrogens with zero attached hydrogens (tertiary/aromatic N) is 2. The lowest BCUT2D eigenvalue weighted by molar-refractivity contribution is -0.132. The molecule has 1 aromatic heterocycles. The molecule has 2 heterocycles. The van der Waals surface area contributed by atoms with Gasteiger partial charge in [-0.15, -0.1) is 0 Å². The highest BCUT2D eigenvalue weighted by atomic mass is 79.9. The number of carbonyl (C=O) groups excluding carboxylic acids is 2. The summed E-state index contributed by atoms with van der Waals surface area (Å²) < 4.78 is 0.746. The number of aromatic nitrogens is 1. The average molecular weight is 470 g/mol. The van der Waals surface area contributed by atoms with Gasteiger partial charge >= 0.3 is 5.91 Å². The molecule has 0 saturated carbocycles. The highest BCUT2D eigenvalue weighted by Gasteiger charge is 2.47. The van der Waals surface area contributed by atoms with E-state index in [1.807, 2.05) is 18.2 Å². The van der Waals surface area contributed by atoms with Gasteiger partial charge in [-0.2, -0.15) is 0 Å². The molecule has 0 aliphatic carbocycles. The van der Waals surface area contributed by atoms with Crippen LogP contribution < -0.4 is 4.90 Å². The minimum Gasteiger partial charge on any atom is -0.507 e. The van der Waals surface area contributed by atoms with E-state index in [-0.39, 0.29) is 11.3 Å². The zero-order valence-corrected chi connectivity index (χ0v) is 17.3. The SMILES string of the molecule is O=C1C(=O)N(c2ccc(Br)cn2)[C@H](c2ccccc2)C1=C(O)c1ccc(Cl)cc1. The van der Waals surface area contributed by atoms with Crippen molar-refractivity contribution >= 4 is 50.8 Å². The molecular weight excluding hydrogens is 456 g/mol. The lowest BCUT2D eigenvalue weighted by atomic mass is 9.95. The number of aliphatic hydroxyl groups is 1. The summed E-state index contributed by atoms with van der Waals surface area (Å²) in [4.78, 5) is 31.5. The molecule has 2 aromatic carbocycles. The van der Waals surface area contributed by atoms with E-state index in [0.717, 1.165) is 4.47 Å². The van der Waals surface area contributed by atoms with Crippen LogP contribution in [0.3, 0.4) is 0 Å². The molecule has 0 unspecified atom stereocenters. The number of carbonyl (C=O) groups is 2. The molecule has 7 heteroatoms. The molecule has 1 saturated heterocycles. The zero-order chi connectivity index (χ0) is 20.5. The zero-order valence-electron chi connectivity index (χ0n) is 14.9. The van der Waals surface area contributed by atoms with Gasteiger partial charge in [-0.05, 0) is 57.9 Å². The third kappa shape index (κ3) is 3.57. The van der Waals surface area contributed by atoms with E-state index in [9.17, 15) is 14.7 Å². The predicted octanol–water partition coefficient (Wildman–Crippen LogP) is 5.12. The lowest BCUT2D eigenvalue weighted by Gasteiger charge is -2.24. The Morgan fingerprint density at radius 3 is 2.31 bits per heavy atom. The van der Waals surface area contributed by atoms with Crippen molar-refractivity contribution in [3.05, 3.63) is 99.1 Å². The maximum absolute atomic E-state index is 12.9. The number of rotatable bonds is 3. The molecule has 1 aliphatic heterocycles. The molecule has 144 valence electrons. The molecule has 29 heavy (non-hydrogen) atoms. The molecule has 1 atom stereocenters. The molecule has 4 rings (SSSR count). The van der Waals surface area contributed by atoms with Crippen molar-refractivity contribution in [1.29, 1.82) is 0 Å². The first kappa shape index (κ1) is 19.4. The number of anilines is 1. The number of hydrogen-bond donors (Lipinski definition) is 1. The van der Waals surface area contributed by atoms with Gasteiger partial charge in [-0.25, -0.2) is 4.98 Å². The third-order valence-electron chi connectivity index (χ3n) is 4.64. The monoisotopic (exact) mass is 468 g/mol. The largest absolute Gasteiger partial charge is 0.507 e. The van der Waals surface area contributed by atoms with Crippen LogP contribution in [0.4, 0.5) is 5.82 Å². The second-order valence-corrected chi connectivity index (χ2v) is 7.77. The van der Waals surface area contributed by atoms with E-state index in [0.29, 0.717) is 22.0 Å². The van der Waals surface area contributed by atoms with Gasteiger partial charge in [0.05, 0.1) is 11.6 Å². The van der Waals surface area contributed by atoms with Gasteiger partial charge in [0.1, 0.15) is 11.6 Å². The minimum atomic E-state index is -0.805. The topological polar surface area (TPSA) is 70.5 Å². The Kier molecular flexibility index (Phi) is 5.22. The molecule has 1 N–H and O–H groups in total. The number of pyridine rings is 1. The van der Waals surface area contributed by atoms with Crippen LogP contribution in [0.2, 0.25) is 5.02 Å². The standard InChI is InChI=1S/C22H14BrClN2O3/c23-15-8-11-17(25-12-15)26-19(13-4-2-1-3-5-13)18(21(28)22(26)29)20(27)14-6-9-16(24)10-7-14/h1-12,19,27H/t19-/m1/s1. The average Bonchev–Trinajstić information content (AvgIpc) is 3.00. The Hall–Kier alpha value is -2.96. The highest BCUT2D eigenvalue weighted by Crippen LogP contribution is 2.41. The first-order valence-electron chi connectivity index (χ1n) is 8.71. The Morgan fingerprint density at radius 2 is 1.69 bits per heavy atom. The third-order valence-corrected chi connectivity index (χ3v) is 5.36. The van der Waals surface area contributed by atoms with E-state index in [1.165, 1.54) is 4.90 Å². The summed E-state index contributed by atoms with van der Waals surface area (Å²) in [7, 11) is 0. The van der Waals surface area contributed by atoms with Crippen LogP contribution in [0, 0.1) is 0 Å². The summed E-state index contributed by atoms with van der Waals surface area (Å²) in [6.45, 7) is 0. The van der Waals surface area contributed by atoms with E-state index in [1.54, 1.807) is 54.7 Å². The predicted molar refractivity (Wildman–Crippen MR) is 115 cm³/mol. The van der Waals surface area contributed by atoms with Crippen molar-refractivity contribution < 1.29 is 14.7 Å². The second-order valence-electron chi connectivity index (χ2n) is 6.42. The Labute approximate surface area is 180 Å². The maximum atomic E-state index is 12.9. The fraction of sp³-hybridized carbons (Fsp3) is 0.0455. The highest BCUT2D eigenvalue weighted by molar-refractivity contribution is 9.10. The first-order chi connectivity index (χ1) is 14.0. The molecule has 3 aromatic rings. The van der Waals surface area contributed by atoms with Gasteiger partial charge in [0, 0.05) is 21.3 Å². The number of aliphatic hydroxyl groups excluding tert-OH is 1. The van der Waals surface area contributed by atoms with Gasteiger partial charge in [-0.3, -0.25) is 14.5 Å². The number of hydrogen-bond acceptors (Lipinski definition) is 4. The van der Waals surface area contributed by atoms with E-state index >= 15 is 0 Å². The van der Waals surface area contributed by atoms with E-state index in [4.69, 9.17) is 11.6 Å². The number of amides is 1. The number of ketones is 1. The second kappa shape index (κ2) is 7.81. The van der Waals surface area contributed by atoms with Crippen molar-refractivity contribution in [3.63, 3.8) is 0 Å². The van der Waals surface area contributed by atoms with E-state index < -0.39 is 17.7 Å². The van der Waals surface area contributed by atoms with Crippen LogP contribution >= 0.6 is 27.5 Å². The van der Waals surface area contributed by atoms with Crippen LogP contribution in [0.5, 0.6) is 0 Å². The van der Waals surface area contributed by atoms with Crippen LogP contribution in [-0.4, -0.2) is 21.8 Å². The van der Waals surface area contributed by atoms with Crippen molar-refractivity contribution in [1.82, 2.24) is 4.98 Å². The lowest BCUT2D eigenvalue weighted by Crippen LogP contribution is -2.30. The van der Waals surface area contributed by atoms with Crippen LogP contribution in [-0.2, 0) is 9.59 Å². The molecular formula is C22H14BrClN2O3. The molecule has 1 aliphatic rings. The number of Topliss-reactive ketones (excluding diaryl/α,β-unsaturated/α-hetero) is 1. The summed E-state index contributed by atoms with van der Waals surface area (Å²) in [5.41, 5.74) is 1.09. The van der Waals surface area contributed by atoms with Crippen molar-refractivity contribution in [2.24, 2.45) is 0 Å². The van der Waals surface area contributed by atoms with Gasteiger partial charge < -0.3 is 5.11 Å². The number of halogens is 2. The smallest absolute Gasteiger partial charge is 0.301 e. The molecule has 1 fully saturated rings. The van der Waals surface area contributed by atoms with Gasteiger partial charge in [-0.1, -0.05) is 41.9 Å². The molecule has 0 bridgehead atoms. The van der Waals surface area contributed by atoms with Crippen LogP contribution in [0.25, 0.3) is 5.76 Å². The normalized spacial score (nSPS) is 18.3. The minimum absolute atomic E-state index is 0.00763.